The van der Waals surface area contributed by atoms with Crippen LogP contribution in [0.15, 0.2) is 30.4 Å². The summed E-state index contributed by atoms with van der Waals surface area (Å²) in [5.74, 6) is 1.24. The Hall–Kier alpha value is -1.97. The molecule has 17 heavy (non-hydrogen) atoms. The van der Waals surface area contributed by atoms with Crippen molar-refractivity contribution in [2.75, 3.05) is 26.3 Å². The maximum Gasteiger partial charge on any atom is 0.258 e. The van der Waals surface area contributed by atoms with E-state index in [0.29, 0.717) is 43.4 Å². The molecule has 0 saturated heterocycles. The number of para-hydroxylation sites is 1. The first kappa shape index (κ1) is 10.2. The van der Waals surface area contributed by atoms with Gasteiger partial charge in [0.25, 0.3) is 5.91 Å². The molecule has 0 bridgehead atoms. The summed E-state index contributed by atoms with van der Waals surface area (Å²) in [7, 11) is 0. The fourth-order valence-corrected chi connectivity index (χ4v) is 2.06. The average molecular weight is 231 g/mol. The summed E-state index contributed by atoms with van der Waals surface area (Å²) in [4.78, 5) is 14.0. The van der Waals surface area contributed by atoms with Crippen LogP contribution < -0.4 is 9.47 Å². The van der Waals surface area contributed by atoms with Crippen LogP contribution in [-0.4, -0.2) is 37.1 Å². The van der Waals surface area contributed by atoms with Crippen LogP contribution in [0.25, 0.3) is 0 Å². The van der Waals surface area contributed by atoms with Crippen LogP contribution in [0.4, 0.5) is 0 Å². The van der Waals surface area contributed by atoms with Gasteiger partial charge in [-0.2, -0.15) is 0 Å². The molecule has 88 valence electrons. The van der Waals surface area contributed by atoms with Crippen molar-refractivity contribution in [1.29, 1.82) is 0 Å². The lowest BCUT2D eigenvalue weighted by atomic mass is 10.1. The summed E-state index contributed by atoms with van der Waals surface area (Å²) in [5, 5.41) is 0. The third kappa shape index (κ3) is 1.75. The number of amides is 1. The Bertz CT molecular complexity index is 474. The molecule has 2 heterocycles. The van der Waals surface area contributed by atoms with E-state index >= 15 is 0 Å². The van der Waals surface area contributed by atoms with Crippen molar-refractivity contribution in [1.82, 2.24) is 4.90 Å². The van der Waals surface area contributed by atoms with Gasteiger partial charge < -0.3 is 14.4 Å². The van der Waals surface area contributed by atoms with E-state index in [1.54, 1.807) is 11.0 Å². The predicted octanol–water partition coefficient (Wildman–Crippen LogP) is 1.47. The topological polar surface area (TPSA) is 38.8 Å². The molecule has 0 unspecified atom stereocenters. The summed E-state index contributed by atoms with van der Waals surface area (Å²) >= 11 is 0. The predicted molar refractivity (Wildman–Crippen MR) is 62.5 cm³/mol. The Balaban J connectivity index is 1.94. The molecule has 3 rings (SSSR count). The van der Waals surface area contributed by atoms with Gasteiger partial charge in [-0.15, -0.1) is 0 Å². The van der Waals surface area contributed by atoms with Gasteiger partial charge in [-0.3, -0.25) is 4.79 Å². The molecule has 0 fully saturated rings. The van der Waals surface area contributed by atoms with Gasteiger partial charge in [-0.1, -0.05) is 18.2 Å². The fourth-order valence-electron chi connectivity index (χ4n) is 2.06. The van der Waals surface area contributed by atoms with Crippen LogP contribution in [0.2, 0.25) is 0 Å². The molecule has 2 aliphatic rings. The van der Waals surface area contributed by atoms with Crippen molar-refractivity contribution in [3.63, 3.8) is 0 Å². The third-order valence-electron chi connectivity index (χ3n) is 2.90. The lowest BCUT2D eigenvalue weighted by molar-refractivity contribution is 0.0789. The minimum Gasteiger partial charge on any atom is -0.486 e. The first-order valence-corrected chi connectivity index (χ1v) is 5.69. The molecule has 1 aromatic rings. The summed E-state index contributed by atoms with van der Waals surface area (Å²) in [6.45, 7) is 2.37. The Morgan fingerprint density at radius 3 is 2.71 bits per heavy atom. The maximum atomic E-state index is 12.3. The molecule has 0 radical (unpaired) electrons. The highest BCUT2D eigenvalue weighted by molar-refractivity contribution is 5.98. The van der Waals surface area contributed by atoms with E-state index in [1.807, 2.05) is 24.3 Å². The highest BCUT2D eigenvalue weighted by Crippen LogP contribution is 2.34. The fraction of sp³-hybridized carbons (Fsp3) is 0.308. The minimum absolute atomic E-state index is 0.00245. The highest BCUT2D eigenvalue weighted by Gasteiger charge is 2.24. The number of ether oxygens (including phenoxy) is 2. The standard InChI is InChI=1S/C13H13NO3/c15-13(14-6-1-2-7-14)10-4-3-5-11-12(10)17-9-8-16-11/h1-5H,6-9H2. The quantitative estimate of drug-likeness (QED) is 0.687. The Morgan fingerprint density at radius 1 is 1.12 bits per heavy atom. The van der Waals surface area contributed by atoms with Crippen LogP contribution >= 0.6 is 0 Å². The van der Waals surface area contributed by atoms with E-state index in [4.69, 9.17) is 9.47 Å². The molecule has 1 aromatic carbocycles. The zero-order valence-electron chi connectivity index (χ0n) is 9.39. The largest absolute Gasteiger partial charge is 0.486 e. The number of carbonyl (C=O) groups excluding carboxylic acids is 1. The lowest BCUT2D eigenvalue weighted by Gasteiger charge is -2.22. The van der Waals surface area contributed by atoms with Crippen LogP contribution in [0, 0.1) is 0 Å². The molecule has 2 aliphatic heterocycles. The summed E-state index contributed by atoms with van der Waals surface area (Å²) in [5.41, 5.74) is 0.589. The minimum atomic E-state index is -0.00245. The number of hydrogen-bond acceptors (Lipinski definition) is 3. The Labute approximate surface area is 99.4 Å². The molecular weight excluding hydrogens is 218 g/mol. The summed E-state index contributed by atoms with van der Waals surface area (Å²) < 4.78 is 11.0. The number of fused-ring (bicyclic) bond motifs is 1. The molecule has 0 spiro atoms. The number of benzene rings is 1. The summed E-state index contributed by atoms with van der Waals surface area (Å²) in [6, 6.07) is 5.44. The smallest absolute Gasteiger partial charge is 0.258 e. The van der Waals surface area contributed by atoms with Crippen molar-refractivity contribution in [2.45, 2.75) is 0 Å². The number of nitrogens with zero attached hydrogens (tertiary/aromatic N) is 1. The summed E-state index contributed by atoms with van der Waals surface area (Å²) in [6.07, 6.45) is 3.98. The number of rotatable bonds is 1. The van der Waals surface area contributed by atoms with Gasteiger partial charge in [0.05, 0.1) is 5.56 Å². The second-order valence-corrected chi connectivity index (χ2v) is 4.01. The lowest BCUT2D eigenvalue weighted by Crippen LogP contribution is -2.29. The second-order valence-electron chi connectivity index (χ2n) is 4.01. The van der Waals surface area contributed by atoms with E-state index in [0.717, 1.165) is 0 Å². The second kappa shape index (κ2) is 4.13. The molecule has 0 atom stereocenters. The van der Waals surface area contributed by atoms with Crippen LogP contribution in [0.3, 0.4) is 0 Å². The van der Waals surface area contributed by atoms with Crippen molar-refractivity contribution in [3.05, 3.63) is 35.9 Å². The zero-order chi connectivity index (χ0) is 11.7. The Kier molecular flexibility index (Phi) is 2.48. The van der Waals surface area contributed by atoms with Gasteiger partial charge in [0.1, 0.15) is 13.2 Å². The van der Waals surface area contributed by atoms with Crippen LogP contribution in [0.1, 0.15) is 10.4 Å². The van der Waals surface area contributed by atoms with Gasteiger partial charge in [-0.25, -0.2) is 0 Å². The SMILES string of the molecule is O=C(c1cccc2c1OCCO2)N1CC=CC1. The van der Waals surface area contributed by atoms with Gasteiger partial charge >= 0.3 is 0 Å². The number of hydrogen-bond donors (Lipinski definition) is 0. The van der Waals surface area contributed by atoms with Crippen LogP contribution in [-0.2, 0) is 0 Å². The monoisotopic (exact) mass is 231 g/mol. The van der Waals surface area contributed by atoms with Gasteiger partial charge in [0.2, 0.25) is 0 Å². The molecule has 0 saturated carbocycles. The van der Waals surface area contributed by atoms with E-state index in [2.05, 4.69) is 0 Å². The number of carbonyl (C=O) groups is 1. The van der Waals surface area contributed by atoms with Gasteiger partial charge in [-0.05, 0) is 12.1 Å². The molecular formula is C13H13NO3. The van der Waals surface area contributed by atoms with Crippen molar-refractivity contribution in [2.24, 2.45) is 0 Å². The van der Waals surface area contributed by atoms with E-state index in [1.165, 1.54) is 0 Å². The van der Waals surface area contributed by atoms with E-state index < -0.39 is 0 Å². The Morgan fingerprint density at radius 2 is 1.88 bits per heavy atom. The van der Waals surface area contributed by atoms with Crippen molar-refractivity contribution < 1.29 is 14.3 Å². The first-order valence-electron chi connectivity index (χ1n) is 5.69. The van der Waals surface area contributed by atoms with E-state index in [-0.39, 0.29) is 5.91 Å². The van der Waals surface area contributed by atoms with Gasteiger partial charge in [0.15, 0.2) is 11.5 Å². The molecule has 4 heteroatoms. The normalized spacial score (nSPS) is 17.3. The highest BCUT2D eigenvalue weighted by atomic mass is 16.6. The van der Waals surface area contributed by atoms with Gasteiger partial charge in [0, 0.05) is 13.1 Å². The third-order valence-corrected chi connectivity index (χ3v) is 2.90. The van der Waals surface area contributed by atoms with Crippen molar-refractivity contribution in [3.8, 4) is 11.5 Å². The van der Waals surface area contributed by atoms with E-state index in [9.17, 15) is 4.79 Å². The van der Waals surface area contributed by atoms with Crippen molar-refractivity contribution >= 4 is 5.91 Å². The molecule has 0 aromatic heterocycles. The maximum absolute atomic E-state index is 12.3. The molecule has 1 amide bonds. The molecule has 0 N–H and O–H groups in total. The molecule has 0 aliphatic carbocycles. The van der Waals surface area contributed by atoms with Crippen LogP contribution in [0.5, 0.6) is 11.5 Å². The average Bonchev–Trinajstić information content (AvgIpc) is 2.91. The molecule has 4 nitrogen and oxygen atoms in total. The zero-order valence-corrected chi connectivity index (χ0v) is 9.39. The first-order chi connectivity index (χ1) is 8.36.